The zero-order chi connectivity index (χ0) is 24.6. The molecule has 0 saturated heterocycles. The van der Waals surface area contributed by atoms with Crippen LogP contribution in [0, 0.1) is 19.3 Å². The van der Waals surface area contributed by atoms with Crippen LogP contribution in [0.3, 0.4) is 0 Å². The number of terminal acetylenes is 1. The van der Waals surface area contributed by atoms with Crippen LogP contribution in [0.25, 0.3) is 0 Å². The van der Waals surface area contributed by atoms with Crippen LogP contribution in [0.4, 0.5) is 0 Å². The van der Waals surface area contributed by atoms with Crippen molar-refractivity contribution >= 4 is 14.3 Å². The Labute approximate surface area is 200 Å². The van der Waals surface area contributed by atoms with Gasteiger partial charge in [0.25, 0.3) is 0 Å². The van der Waals surface area contributed by atoms with Gasteiger partial charge in [-0.3, -0.25) is 4.79 Å². The summed E-state index contributed by atoms with van der Waals surface area (Å²) in [6, 6.07) is 13.6. The summed E-state index contributed by atoms with van der Waals surface area (Å²) in [6.07, 6.45) is 7.87. The van der Waals surface area contributed by atoms with Crippen molar-refractivity contribution in [3.8, 4) is 23.8 Å². The van der Waals surface area contributed by atoms with Gasteiger partial charge in [-0.15, -0.1) is 6.42 Å². The van der Waals surface area contributed by atoms with Crippen molar-refractivity contribution in [1.29, 1.82) is 0 Å². The topological polar surface area (TPSA) is 44.8 Å². The molecule has 0 fully saturated rings. The van der Waals surface area contributed by atoms with Gasteiger partial charge in [0, 0.05) is 6.92 Å². The number of ether oxygens (including phenoxy) is 2. The molecule has 0 amide bonds. The molecule has 0 aliphatic rings. The molecule has 0 aromatic heterocycles. The molecular weight excluding hydrogens is 428 g/mol. The van der Waals surface area contributed by atoms with Crippen molar-refractivity contribution in [3.05, 3.63) is 58.7 Å². The lowest BCUT2D eigenvalue weighted by atomic mass is 10.1. The molecule has 178 valence electrons. The summed E-state index contributed by atoms with van der Waals surface area (Å²) in [4.78, 5) is 11.5. The zero-order valence-corrected chi connectivity index (χ0v) is 22.2. The average Bonchev–Trinajstić information content (AvgIpc) is 2.77. The molecule has 2 rings (SSSR count). The molecule has 0 radical (unpaired) electrons. The van der Waals surface area contributed by atoms with Crippen LogP contribution in [-0.4, -0.2) is 21.4 Å². The van der Waals surface area contributed by atoms with E-state index in [2.05, 4.69) is 64.8 Å². The first-order valence-electron chi connectivity index (χ1n) is 11.7. The molecule has 0 N–H and O–H groups in total. The normalized spacial score (nSPS) is 11.5. The highest BCUT2D eigenvalue weighted by Crippen LogP contribution is 2.40. The second-order valence-electron chi connectivity index (χ2n) is 9.30. The largest absolute Gasteiger partial charge is 0.493 e. The Morgan fingerprint density at radius 3 is 2.21 bits per heavy atom. The van der Waals surface area contributed by atoms with Gasteiger partial charge in [-0.2, -0.15) is 0 Å². The number of methoxy groups -OCH3 is 1. The lowest BCUT2D eigenvalue weighted by molar-refractivity contribution is -0.132. The Kier molecular flexibility index (Phi) is 9.76. The molecule has 33 heavy (non-hydrogen) atoms. The Morgan fingerprint density at radius 1 is 1.06 bits per heavy atom. The van der Waals surface area contributed by atoms with Crippen LogP contribution in [0.5, 0.6) is 11.5 Å². The number of rotatable bonds is 11. The molecule has 0 aliphatic heterocycles. The molecule has 5 heteroatoms. The van der Waals surface area contributed by atoms with Crippen molar-refractivity contribution in [2.45, 2.75) is 78.1 Å². The monoisotopic (exact) mass is 466 g/mol. The van der Waals surface area contributed by atoms with Crippen LogP contribution in [0.15, 0.2) is 36.4 Å². The molecule has 0 aliphatic carbocycles. The van der Waals surface area contributed by atoms with Crippen molar-refractivity contribution in [2.75, 3.05) is 7.11 Å². The van der Waals surface area contributed by atoms with Gasteiger partial charge in [0.2, 0.25) is 0 Å². The van der Waals surface area contributed by atoms with E-state index in [0.29, 0.717) is 29.0 Å². The fraction of sp³-hybridized carbons (Fsp3) is 0.464. The summed E-state index contributed by atoms with van der Waals surface area (Å²) >= 11 is 0. The molecule has 0 unspecified atom stereocenters. The first-order chi connectivity index (χ1) is 15.6. The highest BCUT2D eigenvalue weighted by molar-refractivity contribution is 6.76. The van der Waals surface area contributed by atoms with E-state index in [1.54, 1.807) is 7.11 Å². The number of esters is 1. The number of hydrogen-bond acceptors (Lipinski definition) is 4. The predicted octanol–water partition coefficient (Wildman–Crippen LogP) is 6.83. The van der Waals surface area contributed by atoms with Gasteiger partial charge in [-0.25, -0.2) is 0 Å². The molecule has 0 spiro atoms. The maximum Gasteiger partial charge on any atom is 0.308 e. The Balaban J connectivity index is 2.22. The fourth-order valence-electron chi connectivity index (χ4n) is 4.44. The lowest BCUT2D eigenvalue weighted by Gasteiger charge is -2.39. The third kappa shape index (κ3) is 6.96. The minimum Gasteiger partial charge on any atom is -0.493 e. The van der Waals surface area contributed by atoms with E-state index >= 15 is 0 Å². The minimum absolute atomic E-state index is 0.283. The van der Waals surface area contributed by atoms with Crippen LogP contribution in [0.2, 0.25) is 17.1 Å². The van der Waals surface area contributed by atoms with E-state index in [4.69, 9.17) is 20.3 Å². The smallest absolute Gasteiger partial charge is 0.308 e. The van der Waals surface area contributed by atoms with E-state index in [1.807, 2.05) is 12.1 Å². The third-order valence-electron chi connectivity index (χ3n) is 6.35. The van der Waals surface area contributed by atoms with E-state index < -0.39 is 14.3 Å². The van der Waals surface area contributed by atoms with Gasteiger partial charge in [0.1, 0.15) is 0 Å². The Bertz CT molecular complexity index is 963. The average molecular weight is 467 g/mol. The zero-order valence-electron chi connectivity index (χ0n) is 21.2. The predicted molar refractivity (Wildman–Crippen MR) is 137 cm³/mol. The minimum atomic E-state index is -2.07. The molecule has 4 nitrogen and oxygen atoms in total. The molecule has 2 aromatic rings. The van der Waals surface area contributed by atoms with Gasteiger partial charge >= 0.3 is 5.97 Å². The molecule has 0 saturated carbocycles. The standard InChI is InChI=1S/C28H38O4Si/c1-9-26-17-25(18-27(30-8)28(26)32-23(7)29)19-31-33(20(2)3,21(4)5)16-10-11-24-14-12-22(6)13-15-24/h1,12-15,17-18,20-21H,10-11,16,19H2,2-8H3. The molecule has 2 aromatic carbocycles. The maximum atomic E-state index is 11.5. The quantitative estimate of drug-likeness (QED) is 0.158. The van der Waals surface area contributed by atoms with Crippen molar-refractivity contribution in [3.63, 3.8) is 0 Å². The fourth-order valence-corrected chi connectivity index (χ4v) is 8.91. The molecule has 0 heterocycles. The van der Waals surface area contributed by atoms with Crippen LogP contribution >= 0.6 is 0 Å². The van der Waals surface area contributed by atoms with Crippen molar-refractivity contribution in [1.82, 2.24) is 0 Å². The second kappa shape index (κ2) is 12.1. The van der Waals surface area contributed by atoms with Crippen molar-refractivity contribution < 1.29 is 18.7 Å². The lowest BCUT2D eigenvalue weighted by Crippen LogP contribution is -2.44. The summed E-state index contributed by atoms with van der Waals surface area (Å²) in [5.74, 6) is 2.90. The third-order valence-corrected chi connectivity index (χ3v) is 12.1. The summed E-state index contributed by atoms with van der Waals surface area (Å²) in [7, 11) is -0.529. The number of carbonyl (C=O) groups is 1. The van der Waals surface area contributed by atoms with E-state index in [0.717, 1.165) is 24.4 Å². The van der Waals surface area contributed by atoms with E-state index in [9.17, 15) is 4.79 Å². The number of carbonyl (C=O) groups excluding carboxylic acids is 1. The number of benzene rings is 2. The van der Waals surface area contributed by atoms with Crippen LogP contribution < -0.4 is 9.47 Å². The molecule has 0 atom stereocenters. The maximum absolute atomic E-state index is 11.5. The summed E-state index contributed by atoms with van der Waals surface area (Å²) < 4.78 is 17.6. The highest BCUT2D eigenvalue weighted by Gasteiger charge is 2.41. The first-order valence-corrected chi connectivity index (χ1v) is 13.9. The summed E-state index contributed by atoms with van der Waals surface area (Å²) in [5, 5.41) is 0. The Morgan fingerprint density at radius 2 is 1.70 bits per heavy atom. The summed E-state index contributed by atoms with van der Waals surface area (Å²) in [6.45, 7) is 13.1. The van der Waals surface area contributed by atoms with Gasteiger partial charge in [0.15, 0.2) is 19.8 Å². The van der Waals surface area contributed by atoms with Crippen LogP contribution in [-0.2, 0) is 22.2 Å². The number of hydrogen-bond donors (Lipinski definition) is 0. The SMILES string of the molecule is C#Cc1cc(CO[Si](CCCc2ccc(C)cc2)(C(C)C)C(C)C)cc(OC)c1OC(C)=O. The van der Waals surface area contributed by atoms with Gasteiger partial charge < -0.3 is 13.9 Å². The van der Waals surface area contributed by atoms with Crippen LogP contribution in [0.1, 0.15) is 63.3 Å². The Hall–Kier alpha value is -2.55. The summed E-state index contributed by atoms with van der Waals surface area (Å²) in [5.41, 5.74) is 5.03. The number of aryl methyl sites for hydroxylation is 2. The molecular formula is C28H38O4Si. The van der Waals surface area contributed by atoms with Gasteiger partial charge in [0.05, 0.1) is 19.3 Å². The van der Waals surface area contributed by atoms with E-state index in [-0.39, 0.29) is 5.75 Å². The second-order valence-corrected chi connectivity index (χ2v) is 14.3. The van der Waals surface area contributed by atoms with Gasteiger partial charge in [-0.05, 0) is 60.2 Å². The van der Waals surface area contributed by atoms with Gasteiger partial charge in [-0.1, -0.05) is 63.4 Å². The van der Waals surface area contributed by atoms with Crippen molar-refractivity contribution in [2.24, 2.45) is 0 Å². The molecule has 0 bridgehead atoms. The van der Waals surface area contributed by atoms with E-state index in [1.165, 1.54) is 18.1 Å². The highest BCUT2D eigenvalue weighted by atomic mass is 28.4. The first kappa shape index (κ1) is 26.7.